The minimum atomic E-state index is -1.98. The highest BCUT2D eigenvalue weighted by atomic mass is 16.7. The average Bonchev–Trinajstić information content (AvgIpc) is 2.79. The molecule has 0 unspecified atom stereocenters. The van der Waals surface area contributed by atoms with Crippen molar-refractivity contribution >= 4 is 5.97 Å². The van der Waals surface area contributed by atoms with Crippen LogP contribution in [0.2, 0.25) is 0 Å². The summed E-state index contributed by atoms with van der Waals surface area (Å²) in [5.41, 5.74) is -0.206. The summed E-state index contributed by atoms with van der Waals surface area (Å²) in [5.74, 6) is -1.40. The molecule has 182 valence electrons. The molecule has 9 N–H and O–H groups in total. The summed E-state index contributed by atoms with van der Waals surface area (Å²) >= 11 is 0. The number of hydrogen-bond donors (Lipinski definition) is 9. The molecule has 0 amide bonds. The minimum Gasteiger partial charge on any atom is -0.507 e. The summed E-state index contributed by atoms with van der Waals surface area (Å²) in [7, 11) is 0. The Morgan fingerprint density at radius 2 is 1.66 bits per heavy atom. The van der Waals surface area contributed by atoms with E-state index in [1.54, 1.807) is 0 Å². The Morgan fingerprint density at radius 1 is 1.00 bits per heavy atom. The number of carbonyl (C=O) groups excluding carboxylic acids is 1. The van der Waals surface area contributed by atoms with Crippen LogP contribution in [0, 0.1) is 0 Å². The number of phenolic OH excluding ortho intramolecular Hbond substituents is 1. The largest absolute Gasteiger partial charge is 0.507 e. The third kappa shape index (κ3) is 6.11. The summed E-state index contributed by atoms with van der Waals surface area (Å²) < 4.78 is 15.3. The number of carbonyl (C=O) groups is 1. The molecule has 0 bridgehead atoms. The van der Waals surface area contributed by atoms with Gasteiger partial charge in [0.2, 0.25) is 0 Å². The van der Waals surface area contributed by atoms with Crippen molar-refractivity contribution in [3.05, 3.63) is 29.8 Å². The molecule has 1 aromatic rings. The SMILES string of the molecule is O=C(OC[C@@H](O)[C@@H](O[C@H]1O[C@H](CO)[C@@H](O)[C@H](O)[C@H]1O)[C@H](O)[C@@H](O)CO)c1ccccc1O. The predicted octanol–water partition coefficient (Wildman–Crippen LogP) is -4.19. The second-order valence-corrected chi connectivity index (χ2v) is 7.22. The quantitative estimate of drug-likeness (QED) is 0.150. The highest BCUT2D eigenvalue weighted by molar-refractivity contribution is 5.92. The molecular weight excluding hydrogens is 436 g/mol. The lowest BCUT2D eigenvalue weighted by atomic mass is 9.98. The minimum absolute atomic E-state index is 0.206. The van der Waals surface area contributed by atoms with Crippen molar-refractivity contribution in [2.75, 3.05) is 19.8 Å². The van der Waals surface area contributed by atoms with Gasteiger partial charge in [-0.05, 0) is 12.1 Å². The summed E-state index contributed by atoms with van der Waals surface area (Å²) in [5, 5.41) is 88.3. The van der Waals surface area contributed by atoms with Gasteiger partial charge in [0.25, 0.3) is 0 Å². The first-order chi connectivity index (χ1) is 15.1. The normalized spacial score (nSPS) is 29.7. The van der Waals surface area contributed by atoms with Crippen molar-refractivity contribution in [1.29, 1.82) is 0 Å². The Morgan fingerprint density at radius 3 is 2.25 bits per heavy atom. The Balaban J connectivity index is 2.14. The maximum atomic E-state index is 12.1. The second kappa shape index (κ2) is 11.8. The molecule has 9 atom stereocenters. The van der Waals surface area contributed by atoms with Gasteiger partial charge in [-0.15, -0.1) is 0 Å². The van der Waals surface area contributed by atoms with Gasteiger partial charge in [0.1, 0.15) is 66.8 Å². The maximum Gasteiger partial charge on any atom is 0.342 e. The molecule has 1 aliphatic rings. The number of ether oxygens (including phenoxy) is 3. The van der Waals surface area contributed by atoms with Crippen LogP contribution in [0.5, 0.6) is 5.75 Å². The number of benzene rings is 1. The van der Waals surface area contributed by atoms with E-state index in [1.165, 1.54) is 24.3 Å². The zero-order valence-electron chi connectivity index (χ0n) is 16.8. The van der Waals surface area contributed by atoms with Crippen molar-refractivity contribution in [2.45, 2.75) is 55.1 Å². The lowest BCUT2D eigenvalue weighted by molar-refractivity contribution is -0.327. The van der Waals surface area contributed by atoms with Crippen LogP contribution in [0.1, 0.15) is 10.4 Å². The smallest absolute Gasteiger partial charge is 0.342 e. The lowest BCUT2D eigenvalue weighted by Gasteiger charge is -2.42. The van der Waals surface area contributed by atoms with Crippen LogP contribution in [0.25, 0.3) is 0 Å². The Hall–Kier alpha value is -1.91. The molecule has 1 heterocycles. The molecule has 32 heavy (non-hydrogen) atoms. The number of aliphatic hydroxyl groups excluding tert-OH is 8. The van der Waals surface area contributed by atoms with Gasteiger partial charge in [-0.3, -0.25) is 0 Å². The van der Waals surface area contributed by atoms with Crippen molar-refractivity contribution in [3.8, 4) is 5.75 Å². The molecule has 0 aliphatic carbocycles. The number of aliphatic hydroxyl groups is 8. The number of rotatable bonds is 10. The maximum absolute atomic E-state index is 12.1. The van der Waals surface area contributed by atoms with Crippen molar-refractivity contribution < 1.29 is 65.0 Å². The molecule has 13 heteroatoms. The predicted molar refractivity (Wildman–Crippen MR) is 102 cm³/mol. The van der Waals surface area contributed by atoms with Crippen LogP contribution in [0.4, 0.5) is 0 Å². The van der Waals surface area contributed by atoms with Crippen LogP contribution in [-0.4, -0.2) is 127 Å². The summed E-state index contributed by atoms with van der Waals surface area (Å²) in [4.78, 5) is 12.1. The van der Waals surface area contributed by atoms with E-state index in [2.05, 4.69) is 0 Å². The van der Waals surface area contributed by atoms with Gasteiger partial charge in [-0.25, -0.2) is 4.79 Å². The third-order valence-corrected chi connectivity index (χ3v) is 4.95. The van der Waals surface area contributed by atoms with Crippen LogP contribution >= 0.6 is 0 Å². The second-order valence-electron chi connectivity index (χ2n) is 7.22. The highest BCUT2D eigenvalue weighted by Crippen LogP contribution is 2.25. The molecule has 2 rings (SSSR count). The van der Waals surface area contributed by atoms with E-state index in [0.717, 1.165) is 0 Å². The van der Waals surface area contributed by atoms with Crippen molar-refractivity contribution in [2.24, 2.45) is 0 Å². The fourth-order valence-electron chi connectivity index (χ4n) is 3.04. The first-order valence-corrected chi connectivity index (χ1v) is 9.68. The standard InChI is InChI=1S/C19H28O13/c20-5-10(23)13(25)17(32-19-16(28)15(27)14(26)12(6-21)31-19)11(24)7-30-18(29)8-3-1-2-4-9(8)22/h1-4,10-17,19-28H,5-7H2/t10-,11+,12+,13+,14+,15-,16+,17+,19+/m0/s1. The molecule has 1 saturated heterocycles. The number of hydrogen-bond acceptors (Lipinski definition) is 13. The number of esters is 1. The molecule has 1 aliphatic heterocycles. The van der Waals surface area contributed by atoms with Gasteiger partial charge in [0.05, 0.1) is 13.2 Å². The van der Waals surface area contributed by atoms with Crippen LogP contribution < -0.4 is 0 Å². The molecule has 0 radical (unpaired) electrons. The molecule has 0 aromatic heterocycles. The fourth-order valence-corrected chi connectivity index (χ4v) is 3.04. The summed E-state index contributed by atoms with van der Waals surface area (Å²) in [6.45, 7) is -2.53. The summed E-state index contributed by atoms with van der Waals surface area (Å²) in [6.07, 6.45) is -16.0. The van der Waals surface area contributed by atoms with Crippen molar-refractivity contribution in [1.82, 2.24) is 0 Å². The molecular formula is C19H28O13. The van der Waals surface area contributed by atoms with E-state index >= 15 is 0 Å². The van der Waals surface area contributed by atoms with E-state index in [-0.39, 0.29) is 11.3 Å². The zero-order chi connectivity index (χ0) is 24.0. The Labute approximate surface area is 182 Å². The lowest BCUT2D eigenvalue weighted by Crippen LogP contribution is -2.61. The Bertz CT molecular complexity index is 729. The van der Waals surface area contributed by atoms with Crippen molar-refractivity contribution in [3.63, 3.8) is 0 Å². The first-order valence-electron chi connectivity index (χ1n) is 9.68. The van der Waals surface area contributed by atoms with E-state index in [0.29, 0.717) is 0 Å². The van der Waals surface area contributed by atoms with Gasteiger partial charge in [0.15, 0.2) is 6.29 Å². The highest BCUT2D eigenvalue weighted by Gasteiger charge is 2.47. The van der Waals surface area contributed by atoms with Crippen LogP contribution in [0.15, 0.2) is 24.3 Å². The molecule has 1 fully saturated rings. The number of aromatic hydroxyl groups is 1. The van der Waals surface area contributed by atoms with Gasteiger partial charge in [0, 0.05) is 0 Å². The van der Waals surface area contributed by atoms with Crippen LogP contribution in [-0.2, 0) is 14.2 Å². The molecule has 13 nitrogen and oxygen atoms in total. The first kappa shape index (κ1) is 26.3. The monoisotopic (exact) mass is 464 g/mol. The van der Waals surface area contributed by atoms with Crippen LogP contribution in [0.3, 0.4) is 0 Å². The molecule has 0 spiro atoms. The topological polar surface area (TPSA) is 227 Å². The third-order valence-electron chi connectivity index (χ3n) is 4.95. The van der Waals surface area contributed by atoms with Gasteiger partial charge < -0.3 is 60.2 Å². The van der Waals surface area contributed by atoms with Gasteiger partial charge in [-0.2, -0.15) is 0 Å². The summed E-state index contributed by atoms with van der Waals surface area (Å²) in [6, 6.07) is 5.42. The zero-order valence-corrected chi connectivity index (χ0v) is 16.8. The Kier molecular flexibility index (Phi) is 9.72. The van der Waals surface area contributed by atoms with Gasteiger partial charge in [-0.1, -0.05) is 12.1 Å². The number of phenols is 1. The molecule has 0 saturated carbocycles. The number of para-hydroxylation sites is 1. The van der Waals surface area contributed by atoms with Gasteiger partial charge >= 0.3 is 5.97 Å². The van der Waals surface area contributed by atoms with E-state index < -0.39 is 80.9 Å². The molecule has 1 aromatic carbocycles. The van der Waals surface area contributed by atoms with E-state index in [1.807, 2.05) is 0 Å². The fraction of sp³-hybridized carbons (Fsp3) is 0.632. The average molecular weight is 464 g/mol. The van der Waals surface area contributed by atoms with E-state index in [4.69, 9.17) is 19.3 Å². The van der Waals surface area contributed by atoms with E-state index in [9.17, 15) is 45.6 Å².